The molecule has 1 radical (unpaired) electrons. The van der Waals surface area contributed by atoms with Crippen LogP contribution < -0.4 is 0 Å². The second-order valence-corrected chi connectivity index (χ2v) is 2.60. The Kier molecular flexibility index (Phi) is 1.57. The maximum Gasteiger partial charge on any atom is 0.0676 e. The zero-order valence-electron chi connectivity index (χ0n) is 5.35. The minimum Gasteiger partial charge on any atom is -0.390 e. The van der Waals surface area contributed by atoms with Gasteiger partial charge in [0.25, 0.3) is 0 Å². The normalized spacial score (nSPS) is 26.2. The Morgan fingerprint density at radius 1 is 1.38 bits per heavy atom. The van der Waals surface area contributed by atoms with Crippen molar-refractivity contribution >= 4 is 0 Å². The molecular weight excluding hydrogens is 100 g/mol. The van der Waals surface area contributed by atoms with Crippen molar-refractivity contribution in [1.82, 2.24) is 0 Å². The van der Waals surface area contributed by atoms with Crippen molar-refractivity contribution in [1.29, 1.82) is 0 Å². The summed E-state index contributed by atoms with van der Waals surface area (Å²) in [4.78, 5) is 0. The average Bonchev–Trinajstić information content (AvgIpc) is 2.17. The van der Waals surface area contributed by atoms with E-state index < -0.39 is 0 Å². The van der Waals surface area contributed by atoms with Crippen LogP contribution in [0, 0.1) is 6.42 Å². The largest absolute Gasteiger partial charge is 0.390 e. The quantitative estimate of drug-likeness (QED) is 0.546. The fraction of sp³-hybridized carbons (Fsp3) is 0.857. The van der Waals surface area contributed by atoms with E-state index >= 15 is 0 Å². The molecule has 0 spiro atoms. The molecule has 0 saturated heterocycles. The third kappa shape index (κ3) is 1.03. The Balaban J connectivity index is 2.40. The lowest BCUT2D eigenvalue weighted by atomic mass is 10.00. The van der Waals surface area contributed by atoms with E-state index in [1.165, 1.54) is 12.8 Å². The molecule has 0 aromatic rings. The smallest absolute Gasteiger partial charge is 0.0676 e. The first-order chi connectivity index (χ1) is 3.77. The van der Waals surface area contributed by atoms with Crippen LogP contribution in [0.3, 0.4) is 0 Å². The summed E-state index contributed by atoms with van der Waals surface area (Å²) in [5.74, 6) is 0. The van der Waals surface area contributed by atoms with E-state index in [0.717, 1.165) is 12.8 Å². The highest BCUT2D eigenvalue weighted by Crippen LogP contribution is 2.30. The van der Waals surface area contributed by atoms with E-state index in [0.29, 0.717) is 0 Å². The van der Waals surface area contributed by atoms with Gasteiger partial charge in [0.05, 0.1) is 5.60 Å². The summed E-state index contributed by atoms with van der Waals surface area (Å²) < 4.78 is 0. The highest BCUT2D eigenvalue weighted by molar-refractivity contribution is 4.93. The lowest BCUT2D eigenvalue weighted by molar-refractivity contribution is 0.0823. The van der Waals surface area contributed by atoms with Gasteiger partial charge in [0, 0.05) is 0 Å². The van der Waals surface area contributed by atoms with Crippen LogP contribution in [-0.2, 0) is 0 Å². The van der Waals surface area contributed by atoms with E-state index in [4.69, 9.17) is 0 Å². The van der Waals surface area contributed by atoms with Crippen LogP contribution in [0.2, 0.25) is 0 Å². The fourth-order valence-electron chi connectivity index (χ4n) is 1.28. The predicted octanol–water partition coefficient (Wildman–Crippen LogP) is 1.52. The number of hydrogen-bond acceptors (Lipinski definition) is 1. The minimum atomic E-state index is -0.389. The molecule has 47 valence electrons. The van der Waals surface area contributed by atoms with Crippen LogP contribution in [0.5, 0.6) is 0 Å². The van der Waals surface area contributed by atoms with E-state index in [9.17, 15) is 5.11 Å². The first-order valence-electron chi connectivity index (χ1n) is 3.30. The molecule has 0 aromatic carbocycles. The molecule has 0 unspecified atom stereocenters. The monoisotopic (exact) mass is 113 g/mol. The molecule has 0 heterocycles. The molecule has 1 aliphatic rings. The molecule has 0 atom stereocenters. The first-order valence-corrected chi connectivity index (χ1v) is 3.30. The summed E-state index contributed by atoms with van der Waals surface area (Å²) in [6.45, 7) is 1.94. The number of hydrogen-bond donors (Lipinski definition) is 1. The summed E-state index contributed by atoms with van der Waals surface area (Å²) in [7, 11) is 0. The van der Waals surface area contributed by atoms with Gasteiger partial charge in [0.1, 0.15) is 0 Å². The molecule has 1 fully saturated rings. The number of rotatable bonds is 1. The molecule has 0 aliphatic heterocycles. The predicted molar refractivity (Wildman–Crippen MR) is 33.4 cm³/mol. The molecule has 1 aliphatic carbocycles. The zero-order valence-corrected chi connectivity index (χ0v) is 5.35. The summed E-state index contributed by atoms with van der Waals surface area (Å²) in [5.41, 5.74) is -0.389. The molecule has 1 N–H and O–H groups in total. The van der Waals surface area contributed by atoms with Crippen molar-refractivity contribution in [3.63, 3.8) is 0 Å². The molecular formula is C7H13O. The van der Waals surface area contributed by atoms with Crippen LogP contribution in [0.4, 0.5) is 0 Å². The third-order valence-corrected chi connectivity index (χ3v) is 2.01. The van der Waals surface area contributed by atoms with Crippen molar-refractivity contribution in [2.45, 2.75) is 38.2 Å². The first kappa shape index (κ1) is 6.09. The van der Waals surface area contributed by atoms with Gasteiger partial charge in [-0.3, -0.25) is 0 Å². The van der Waals surface area contributed by atoms with Crippen molar-refractivity contribution in [3.05, 3.63) is 6.42 Å². The van der Waals surface area contributed by atoms with Gasteiger partial charge in [-0.25, -0.2) is 0 Å². The Bertz CT molecular complexity index is 72.5. The topological polar surface area (TPSA) is 20.2 Å². The minimum absolute atomic E-state index is 0.389. The second kappa shape index (κ2) is 2.06. The van der Waals surface area contributed by atoms with Crippen LogP contribution in [0.15, 0.2) is 0 Å². The molecule has 1 nitrogen and oxygen atoms in total. The molecule has 0 aromatic heterocycles. The molecule has 8 heavy (non-hydrogen) atoms. The Labute approximate surface area is 50.7 Å². The van der Waals surface area contributed by atoms with Gasteiger partial charge < -0.3 is 5.11 Å². The summed E-state index contributed by atoms with van der Waals surface area (Å²) in [6.07, 6.45) is 6.26. The van der Waals surface area contributed by atoms with Crippen molar-refractivity contribution in [3.8, 4) is 0 Å². The highest BCUT2D eigenvalue weighted by atomic mass is 16.3. The Hall–Kier alpha value is -0.0400. The standard InChI is InChI=1S/C7H13O/c1-2-7(8)5-3-4-6-7/h2,8H,3-6H2,1H3. The molecule has 1 heteroatoms. The maximum absolute atomic E-state index is 9.44. The molecule has 0 amide bonds. The van der Waals surface area contributed by atoms with Crippen LogP contribution in [0.1, 0.15) is 32.6 Å². The average molecular weight is 113 g/mol. The van der Waals surface area contributed by atoms with Crippen molar-refractivity contribution in [2.75, 3.05) is 0 Å². The van der Waals surface area contributed by atoms with E-state index in [2.05, 4.69) is 0 Å². The van der Waals surface area contributed by atoms with E-state index in [1.54, 1.807) is 0 Å². The summed E-state index contributed by atoms with van der Waals surface area (Å²) in [6, 6.07) is 0. The Morgan fingerprint density at radius 3 is 2.12 bits per heavy atom. The second-order valence-electron chi connectivity index (χ2n) is 2.60. The fourth-order valence-corrected chi connectivity index (χ4v) is 1.28. The third-order valence-electron chi connectivity index (χ3n) is 2.01. The maximum atomic E-state index is 9.44. The van der Waals surface area contributed by atoms with Crippen LogP contribution >= 0.6 is 0 Å². The van der Waals surface area contributed by atoms with Gasteiger partial charge in [-0.15, -0.1) is 0 Å². The van der Waals surface area contributed by atoms with Gasteiger partial charge in [-0.05, 0) is 19.3 Å². The van der Waals surface area contributed by atoms with Crippen LogP contribution in [-0.4, -0.2) is 10.7 Å². The van der Waals surface area contributed by atoms with Crippen LogP contribution in [0.25, 0.3) is 0 Å². The molecule has 0 bridgehead atoms. The van der Waals surface area contributed by atoms with Gasteiger partial charge >= 0.3 is 0 Å². The zero-order chi connectivity index (χ0) is 6.04. The van der Waals surface area contributed by atoms with Crippen molar-refractivity contribution < 1.29 is 5.11 Å². The lowest BCUT2D eigenvalue weighted by Crippen LogP contribution is -2.22. The van der Waals surface area contributed by atoms with E-state index in [1.807, 2.05) is 13.3 Å². The van der Waals surface area contributed by atoms with E-state index in [-0.39, 0.29) is 5.60 Å². The van der Waals surface area contributed by atoms with Gasteiger partial charge in [0.2, 0.25) is 0 Å². The van der Waals surface area contributed by atoms with Gasteiger partial charge in [-0.2, -0.15) is 0 Å². The molecule has 1 saturated carbocycles. The van der Waals surface area contributed by atoms with Gasteiger partial charge in [0.15, 0.2) is 0 Å². The summed E-state index contributed by atoms with van der Waals surface area (Å²) in [5, 5.41) is 9.44. The molecule has 1 rings (SSSR count). The highest BCUT2D eigenvalue weighted by Gasteiger charge is 2.28. The van der Waals surface area contributed by atoms with Gasteiger partial charge in [-0.1, -0.05) is 19.8 Å². The summed E-state index contributed by atoms with van der Waals surface area (Å²) >= 11 is 0. The SMILES string of the molecule is C[CH]C1(O)CCCC1. The van der Waals surface area contributed by atoms with Crippen molar-refractivity contribution in [2.24, 2.45) is 0 Å². The Morgan fingerprint density at radius 2 is 1.88 bits per heavy atom. The number of aliphatic hydroxyl groups is 1. The lowest BCUT2D eigenvalue weighted by Gasteiger charge is -2.17.